The summed E-state index contributed by atoms with van der Waals surface area (Å²) in [6.45, 7) is 10.1. The lowest BCUT2D eigenvalue weighted by Gasteiger charge is -2.29. The molecule has 0 saturated carbocycles. The Labute approximate surface area is 208 Å². The van der Waals surface area contributed by atoms with Crippen LogP contribution in [0.2, 0.25) is 0 Å². The molecule has 1 N–H and O–H groups in total. The standard InChI is InChI=1S/C25H32Br2N2O3/c1-6-17(4)28-25(31)18(5)29(14-19-8-7-9-21(26)12-19)24(30)15-32-23-11-10-20(16(2)3)13-22(23)27/h7-13,16-18H,6,14-15H2,1-5H3,(H,28,31)/t17-,18+/m1/s1. The SMILES string of the molecule is CC[C@@H](C)NC(=O)[C@H](C)N(Cc1cccc(Br)c1)C(=O)COc1ccc(C(C)C)cc1Br. The summed E-state index contributed by atoms with van der Waals surface area (Å²) in [5, 5.41) is 2.97. The van der Waals surface area contributed by atoms with Gasteiger partial charge in [-0.3, -0.25) is 9.59 Å². The molecule has 0 heterocycles. The number of hydrogen-bond donors (Lipinski definition) is 1. The molecule has 0 aliphatic heterocycles. The zero-order chi connectivity index (χ0) is 23.8. The molecule has 0 bridgehead atoms. The third kappa shape index (κ3) is 7.62. The van der Waals surface area contributed by atoms with Crippen LogP contribution in [-0.4, -0.2) is 35.4 Å². The first-order valence-electron chi connectivity index (χ1n) is 10.9. The topological polar surface area (TPSA) is 58.6 Å². The van der Waals surface area contributed by atoms with Gasteiger partial charge in [-0.1, -0.05) is 54.9 Å². The average Bonchev–Trinajstić information content (AvgIpc) is 2.75. The molecule has 2 rings (SSSR count). The maximum absolute atomic E-state index is 13.2. The van der Waals surface area contributed by atoms with Crippen LogP contribution in [0.5, 0.6) is 5.75 Å². The second-order valence-electron chi connectivity index (χ2n) is 8.28. The van der Waals surface area contributed by atoms with Crippen molar-refractivity contribution in [2.24, 2.45) is 0 Å². The van der Waals surface area contributed by atoms with Crippen molar-refractivity contribution in [3.05, 3.63) is 62.5 Å². The molecule has 0 unspecified atom stereocenters. The second-order valence-corrected chi connectivity index (χ2v) is 10.0. The van der Waals surface area contributed by atoms with Gasteiger partial charge in [0.25, 0.3) is 5.91 Å². The Morgan fingerprint density at radius 1 is 1.06 bits per heavy atom. The molecule has 174 valence electrons. The summed E-state index contributed by atoms with van der Waals surface area (Å²) in [6.07, 6.45) is 0.821. The Hall–Kier alpha value is -1.86. The molecular formula is C25H32Br2N2O3. The van der Waals surface area contributed by atoms with E-state index in [1.807, 2.05) is 56.3 Å². The molecule has 2 atom stereocenters. The highest BCUT2D eigenvalue weighted by Gasteiger charge is 2.27. The van der Waals surface area contributed by atoms with E-state index in [-0.39, 0.29) is 24.5 Å². The molecule has 2 aromatic carbocycles. The van der Waals surface area contributed by atoms with Gasteiger partial charge in [0.15, 0.2) is 6.61 Å². The minimum atomic E-state index is -0.633. The lowest BCUT2D eigenvalue weighted by molar-refractivity contribution is -0.142. The number of carbonyl (C=O) groups is 2. The van der Waals surface area contributed by atoms with E-state index in [0.717, 1.165) is 20.9 Å². The molecule has 0 fully saturated rings. The smallest absolute Gasteiger partial charge is 0.261 e. The summed E-state index contributed by atoms with van der Waals surface area (Å²) in [5.74, 6) is 0.566. The highest BCUT2D eigenvalue weighted by molar-refractivity contribution is 9.10. The van der Waals surface area contributed by atoms with Crippen molar-refractivity contribution >= 4 is 43.7 Å². The van der Waals surface area contributed by atoms with E-state index in [4.69, 9.17) is 4.74 Å². The predicted octanol–water partition coefficient (Wildman–Crippen LogP) is 6.05. The molecule has 5 nitrogen and oxygen atoms in total. The minimum absolute atomic E-state index is 0.0412. The van der Waals surface area contributed by atoms with Gasteiger partial charge in [0, 0.05) is 17.1 Å². The predicted molar refractivity (Wildman–Crippen MR) is 136 cm³/mol. The van der Waals surface area contributed by atoms with E-state index in [2.05, 4.69) is 51.0 Å². The van der Waals surface area contributed by atoms with Gasteiger partial charge in [-0.15, -0.1) is 0 Å². The fourth-order valence-corrected chi connectivity index (χ4v) is 4.05. The molecule has 0 aliphatic carbocycles. The third-order valence-corrected chi connectivity index (χ3v) is 6.50. The summed E-state index contributed by atoms with van der Waals surface area (Å²) in [4.78, 5) is 27.5. The summed E-state index contributed by atoms with van der Waals surface area (Å²) in [5.41, 5.74) is 2.11. The first-order valence-corrected chi connectivity index (χ1v) is 12.5. The third-order valence-electron chi connectivity index (χ3n) is 5.38. The fraction of sp³-hybridized carbons (Fsp3) is 0.440. The van der Waals surface area contributed by atoms with Gasteiger partial charge >= 0.3 is 0 Å². The zero-order valence-electron chi connectivity index (χ0n) is 19.3. The second kappa shape index (κ2) is 12.4. The van der Waals surface area contributed by atoms with E-state index in [1.54, 1.807) is 11.8 Å². The Morgan fingerprint density at radius 3 is 2.38 bits per heavy atom. The highest BCUT2D eigenvalue weighted by atomic mass is 79.9. The number of halogens is 2. The van der Waals surface area contributed by atoms with E-state index in [0.29, 0.717) is 18.2 Å². The van der Waals surface area contributed by atoms with Crippen LogP contribution >= 0.6 is 31.9 Å². The van der Waals surface area contributed by atoms with Crippen molar-refractivity contribution in [2.75, 3.05) is 6.61 Å². The van der Waals surface area contributed by atoms with Crippen molar-refractivity contribution in [2.45, 2.75) is 65.6 Å². The van der Waals surface area contributed by atoms with E-state index in [9.17, 15) is 9.59 Å². The van der Waals surface area contributed by atoms with Crippen LogP contribution in [0, 0.1) is 0 Å². The average molecular weight is 568 g/mol. The largest absolute Gasteiger partial charge is 0.483 e. The van der Waals surface area contributed by atoms with Crippen LogP contribution in [-0.2, 0) is 16.1 Å². The zero-order valence-corrected chi connectivity index (χ0v) is 22.5. The Morgan fingerprint density at radius 2 is 1.78 bits per heavy atom. The number of benzene rings is 2. The number of ether oxygens (including phenoxy) is 1. The summed E-state index contributed by atoms with van der Waals surface area (Å²) < 4.78 is 7.55. The Balaban J connectivity index is 2.18. The number of rotatable bonds is 10. The van der Waals surface area contributed by atoms with Gasteiger partial charge in [0.05, 0.1) is 4.47 Å². The summed E-state index contributed by atoms with van der Waals surface area (Å²) in [7, 11) is 0. The lowest BCUT2D eigenvalue weighted by atomic mass is 10.0. The van der Waals surface area contributed by atoms with Crippen LogP contribution < -0.4 is 10.1 Å². The molecule has 0 aliphatic rings. The fourth-order valence-electron chi connectivity index (χ4n) is 3.10. The molecule has 0 spiro atoms. The van der Waals surface area contributed by atoms with E-state index < -0.39 is 6.04 Å². The normalized spacial score (nSPS) is 12.9. The van der Waals surface area contributed by atoms with Gasteiger partial charge < -0.3 is 15.0 Å². The number of nitrogens with zero attached hydrogens (tertiary/aromatic N) is 1. The van der Waals surface area contributed by atoms with Crippen molar-refractivity contribution in [1.82, 2.24) is 10.2 Å². The van der Waals surface area contributed by atoms with Crippen molar-refractivity contribution < 1.29 is 14.3 Å². The number of hydrogen-bond acceptors (Lipinski definition) is 3. The Kier molecular flexibility index (Phi) is 10.2. The van der Waals surface area contributed by atoms with Crippen LogP contribution in [0.4, 0.5) is 0 Å². The summed E-state index contributed by atoms with van der Waals surface area (Å²) >= 11 is 7.00. The van der Waals surface area contributed by atoms with Crippen molar-refractivity contribution in [3.63, 3.8) is 0 Å². The maximum Gasteiger partial charge on any atom is 0.261 e. The molecule has 0 radical (unpaired) electrons. The molecule has 2 aromatic rings. The summed E-state index contributed by atoms with van der Waals surface area (Å²) in [6, 6.07) is 13.0. The molecule has 0 saturated heterocycles. The number of nitrogens with one attached hydrogen (secondary N) is 1. The van der Waals surface area contributed by atoms with Crippen LogP contribution in [0.1, 0.15) is 58.1 Å². The molecule has 2 amide bonds. The molecular weight excluding hydrogens is 536 g/mol. The molecule has 7 heteroatoms. The van der Waals surface area contributed by atoms with E-state index in [1.165, 1.54) is 5.56 Å². The van der Waals surface area contributed by atoms with Gasteiger partial charge in [0.2, 0.25) is 5.91 Å². The molecule has 32 heavy (non-hydrogen) atoms. The Bertz CT molecular complexity index is 933. The highest BCUT2D eigenvalue weighted by Crippen LogP contribution is 2.29. The first-order chi connectivity index (χ1) is 15.1. The van der Waals surface area contributed by atoms with Gasteiger partial charge in [-0.05, 0) is 77.5 Å². The minimum Gasteiger partial charge on any atom is -0.483 e. The van der Waals surface area contributed by atoms with E-state index >= 15 is 0 Å². The van der Waals surface area contributed by atoms with Gasteiger partial charge in [-0.25, -0.2) is 0 Å². The van der Waals surface area contributed by atoms with Crippen molar-refractivity contribution in [1.29, 1.82) is 0 Å². The lowest BCUT2D eigenvalue weighted by Crippen LogP contribution is -2.50. The quantitative estimate of drug-likeness (QED) is 0.380. The maximum atomic E-state index is 13.2. The van der Waals surface area contributed by atoms with Crippen LogP contribution in [0.3, 0.4) is 0 Å². The number of carbonyl (C=O) groups excluding carboxylic acids is 2. The first kappa shape index (κ1) is 26.4. The van der Waals surface area contributed by atoms with Gasteiger partial charge in [0.1, 0.15) is 11.8 Å². The number of amides is 2. The molecule has 0 aromatic heterocycles. The van der Waals surface area contributed by atoms with Crippen molar-refractivity contribution in [3.8, 4) is 5.75 Å². The van der Waals surface area contributed by atoms with Crippen LogP contribution in [0.15, 0.2) is 51.4 Å². The monoisotopic (exact) mass is 566 g/mol. The van der Waals surface area contributed by atoms with Gasteiger partial charge in [-0.2, -0.15) is 0 Å². The van der Waals surface area contributed by atoms with Crippen LogP contribution in [0.25, 0.3) is 0 Å².